The largest absolute Gasteiger partial charge is 0.377 e. The van der Waals surface area contributed by atoms with Gasteiger partial charge in [-0.3, -0.25) is 0 Å². The third-order valence-corrected chi connectivity index (χ3v) is 2.80. The number of hydrogen-bond acceptors (Lipinski definition) is 3. The van der Waals surface area contributed by atoms with Crippen LogP contribution in [-0.4, -0.2) is 27.8 Å². The van der Waals surface area contributed by atoms with Crippen molar-refractivity contribution in [3.05, 3.63) is 35.3 Å². The molecule has 0 saturated heterocycles. The highest BCUT2D eigenvalue weighted by atomic mass is 35.5. The second-order valence-corrected chi connectivity index (χ2v) is 3.99. The maximum absolute atomic E-state index is 5.74. The molecule has 0 aliphatic carbocycles. The normalized spacial score (nSPS) is 16.4. The summed E-state index contributed by atoms with van der Waals surface area (Å²) in [6, 6.07) is 3.96. The molecule has 1 aliphatic rings. The van der Waals surface area contributed by atoms with Crippen molar-refractivity contribution in [2.24, 2.45) is 0 Å². The van der Waals surface area contributed by atoms with Gasteiger partial charge in [0.1, 0.15) is 0 Å². The summed E-state index contributed by atoms with van der Waals surface area (Å²) >= 11 is 5.74. The smallest absolute Gasteiger partial charge is 0.243 e. The van der Waals surface area contributed by atoms with Crippen LogP contribution in [0, 0.1) is 0 Å². The zero-order valence-electron chi connectivity index (χ0n) is 8.56. The Morgan fingerprint density at radius 2 is 2.31 bits per heavy atom. The fraction of sp³-hybridized carbons (Fsp3) is 0.273. The summed E-state index contributed by atoms with van der Waals surface area (Å²) in [4.78, 5) is 4.07. The van der Waals surface area contributed by atoms with Crippen molar-refractivity contribution in [3.63, 3.8) is 0 Å². The Kier molecular flexibility index (Phi) is 2.38. The summed E-state index contributed by atoms with van der Waals surface area (Å²) in [5.41, 5.74) is 3.21. The molecule has 0 amide bonds. The van der Waals surface area contributed by atoms with Crippen LogP contribution in [0.15, 0.2) is 24.4 Å². The van der Waals surface area contributed by atoms with Crippen LogP contribution in [0.2, 0.25) is 5.28 Å². The van der Waals surface area contributed by atoms with E-state index in [1.165, 1.54) is 5.57 Å². The predicted octanol–water partition coefficient (Wildman–Crippen LogP) is 2.19. The highest BCUT2D eigenvalue weighted by Crippen LogP contribution is 2.21. The van der Waals surface area contributed by atoms with Crippen LogP contribution < -0.4 is 0 Å². The van der Waals surface area contributed by atoms with Gasteiger partial charge in [-0.25, -0.2) is 4.52 Å². The maximum Gasteiger partial charge on any atom is 0.243 e. The lowest BCUT2D eigenvalue weighted by molar-refractivity contribution is 0.161. The first-order chi connectivity index (χ1) is 7.83. The molecule has 2 aromatic heterocycles. The van der Waals surface area contributed by atoms with E-state index in [4.69, 9.17) is 16.3 Å². The number of rotatable bonds is 1. The average Bonchev–Trinajstić information content (AvgIpc) is 2.69. The minimum Gasteiger partial charge on any atom is -0.377 e. The molecule has 16 heavy (non-hydrogen) atoms. The van der Waals surface area contributed by atoms with Crippen LogP contribution in [0.5, 0.6) is 0 Å². The van der Waals surface area contributed by atoms with Crippen molar-refractivity contribution >= 4 is 22.8 Å². The SMILES string of the molecule is Clc1nc2ccc(C3=CCOCC3)cn2n1. The van der Waals surface area contributed by atoms with Gasteiger partial charge >= 0.3 is 0 Å². The number of fused-ring (bicyclic) bond motifs is 1. The van der Waals surface area contributed by atoms with E-state index in [1.807, 2.05) is 18.3 Å². The highest BCUT2D eigenvalue weighted by molar-refractivity contribution is 6.28. The topological polar surface area (TPSA) is 39.4 Å². The van der Waals surface area contributed by atoms with E-state index in [9.17, 15) is 0 Å². The summed E-state index contributed by atoms with van der Waals surface area (Å²) in [7, 11) is 0. The van der Waals surface area contributed by atoms with Crippen molar-refractivity contribution < 1.29 is 4.74 Å². The number of ether oxygens (including phenoxy) is 1. The first-order valence-electron chi connectivity index (χ1n) is 5.12. The summed E-state index contributed by atoms with van der Waals surface area (Å²) in [5, 5.41) is 4.36. The standard InChI is InChI=1S/C11H10ClN3O/c12-11-13-10-2-1-9(7-15(10)14-11)8-3-5-16-6-4-8/h1-3,7H,4-6H2. The number of nitrogens with zero attached hydrogens (tertiary/aromatic N) is 3. The van der Waals surface area contributed by atoms with E-state index in [2.05, 4.69) is 16.2 Å². The van der Waals surface area contributed by atoms with Gasteiger partial charge in [0.2, 0.25) is 5.28 Å². The quantitative estimate of drug-likeness (QED) is 0.761. The molecule has 3 rings (SSSR count). The van der Waals surface area contributed by atoms with Crippen LogP contribution in [0.4, 0.5) is 0 Å². The molecule has 0 spiro atoms. The summed E-state index contributed by atoms with van der Waals surface area (Å²) < 4.78 is 6.98. The van der Waals surface area contributed by atoms with Crippen molar-refractivity contribution in [2.75, 3.05) is 13.2 Å². The fourth-order valence-corrected chi connectivity index (χ4v) is 2.00. The van der Waals surface area contributed by atoms with Gasteiger partial charge in [0, 0.05) is 6.20 Å². The van der Waals surface area contributed by atoms with E-state index in [-0.39, 0.29) is 5.28 Å². The summed E-state index contributed by atoms with van der Waals surface area (Å²) in [5.74, 6) is 0. The van der Waals surface area contributed by atoms with Gasteiger partial charge in [-0.15, -0.1) is 5.10 Å². The molecular weight excluding hydrogens is 226 g/mol. The van der Waals surface area contributed by atoms with Crippen LogP contribution in [0.25, 0.3) is 11.2 Å². The molecule has 4 nitrogen and oxygen atoms in total. The van der Waals surface area contributed by atoms with Crippen molar-refractivity contribution in [2.45, 2.75) is 6.42 Å². The first-order valence-corrected chi connectivity index (χ1v) is 5.50. The third kappa shape index (κ3) is 1.70. The molecule has 2 aromatic rings. The van der Waals surface area contributed by atoms with Gasteiger partial charge in [0.25, 0.3) is 0 Å². The molecular formula is C11H10ClN3O. The van der Waals surface area contributed by atoms with Gasteiger partial charge < -0.3 is 4.74 Å². The molecule has 0 bridgehead atoms. The summed E-state index contributed by atoms with van der Waals surface area (Å²) in [6.07, 6.45) is 4.99. The van der Waals surface area contributed by atoms with Crippen molar-refractivity contribution in [1.29, 1.82) is 0 Å². The second-order valence-electron chi connectivity index (χ2n) is 3.66. The van der Waals surface area contributed by atoms with Crippen LogP contribution in [-0.2, 0) is 4.74 Å². The minimum atomic E-state index is 0.276. The van der Waals surface area contributed by atoms with Crippen molar-refractivity contribution in [3.8, 4) is 0 Å². The molecule has 0 atom stereocenters. The third-order valence-electron chi connectivity index (χ3n) is 2.64. The molecule has 0 N–H and O–H groups in total. The fourth-order valence-electron chi connectivity index (χ4n) is 1.84. The Hall–Kier alpha value is -1.39. The molecule has 5 heteroatoms. The predicted molar refractivity (Wildman–Crippen MR) is 61.4 cm³/mol. The van der Waals surface area contributed by atoms with Gasteiger partial charge in [-0.1, -0.05) is 6.08 Å². The number of pyridine rings is 1. The van der Waals surface area contributed by atoms with Crippen molar-refractivity contribution in [1.82, 2.24) is 14.6 Å². The van der Waals surface area contributed by atoms with Crippen LogP contribution in [0.1, 0.15) is 12.0 Å². The lowest BCUT2D eigenvalue weighted by Gasteiger charge is -2.13. The molecule has 0 unspecified atom stereocenters. The van der Waals surface area contributed by atoms with Crippen LogP contribution >= 0.6 is 11.6 Å². The molecule has 0 fully saturated rings. The van der Waals surface area contributed by atoms with Gasteiger partial charge in [0.15, 0.2) is 5.65 Å². The van der Waals surface area contributed by atoms with E-state index in [0.29, 0.717) is 6.61 Å². The number of halogens is 1. The Balaban J connectivity index is 2.07. The van der Waals surface area contributed by atoms with Gasteiger partial charge in [-0.2, -0.15) is 4.98 Å². The van der Waals surface area contributed by atoms with E-state index in [0.717, 1.165) is 24.2 Å². The summed E-state index contributed by atoms with van der Waals surface area (Å²) in [6.45, 7) is 1.47. The Labute approximate surface area is 97.5 Å². The average molecular weight is 236 g/mol. The number of hydrogen-bond donors (Lipinski definition) is 0. The second kappa shape index (κ2) is 3.88. The zero-order valence-corrected chi connectivity index (χ0v) is 9.31. The van der Waals surface area contributed by atoms with E-state index in [1.54, 1.807) is 4.52 Å². The Morgan fingerprint density at radius 3 is 3.12 bits per heavy atom. The zero-order chi connectivity index (χ0) is 11.0. The molecule has 0 aromatic carbocycles. The molecule has 0 saturated carbocycles. The van der Waals surface area contributed by atoms with Gasteiger partial charge in [-0.05, 0) is 41.3 Å². The lowest BCUT2D eigenvalue weighted by atomic mass is 10.0. The monoisotopic (exact) mass is 235 g/mol. The lowest BCUT2D eigenvalue weighted by Crippen LogP contribution is -2.04. The molecule has 1 aliphatic heterocycles. The number of aromatic nitrogens is 3. The molecule has 0 radical (unpaired) electrons. The Bertz CT molecular complexity index is 561. The van der Waals surface area contributed by atoms with Crippen LogP contribution in [0.3, 0.4) is 0 Å². The van der Waals surface area contributed by atoms with Gasteiger partial charge in [0.05, 0.1) is 13.2 Å². The van der Waals surface area contributed by atoms with E-state index < -0.39 is 0 Å². The minimum absolute atomic E-state index is 0.276. The maximum atomic E-state index is 5.74. The Morgan fingerprint density at radius 1 is 1.38 bits per heavy atom. The molecule has 3 heterocycles. The first kappa shape index (κ1) is 9.81. The molecule has 82 valence electrons. The highest BCUT2D eigenvalue weighted by Gasteiger charge is 2.08. The van der Waals surface area contributed by atoms with E-state index >= 15 is 0 Å².